The predicted octanol–water partition coefficient (Wildman–Crippen LogP) is 9.37. The van der Waals surface area contributed by atoms with E-state index in [9.17, 15) is 0 Å². The zero-order chi connectivity index (χ0) is 19.3. The summed E-state index contributed by atoms with van der Waals surface area (Å²) in [4.78, 5) is 0. The summed E-state index contributed by atoms with van der Waals surface area (Å²) < 4.78 is 0. The Morgan fingerprint density at radius 1 is 0.500 bits per heavy atom. The van der Waals surface area contributed by atoms with Crippen molar-refractivity contribution in [2.24, 2.45) is 0 Å². The Balaban J connectivity index is 4.45. The van der Waals surface area contributed by atoms with Crippen molar-refractivity contribution in [3.05, 3.63) is 35.3 Å². The summed E-state index contributed by atoms with van der Waals surface area (Å²) in [5.41, 5.74) is 7.02. The fraction of sp³-hybridized carbons (Fsp3) is 0.750. The minimum Gasteiger partial charge on any atom is -0.151 e. The van der Waals surface area contributed by atoms with E-state index in [2.05, 4.69) is 56.1 Å². The molecule has 152 valence electrons. The Kier molecular flexibility index (Phi) is 19.3. The average molecular weight is 397 g/mol. The van der Waals surface area contributed by atoms with E-state index in [1.165, 1.54) is 96.3 Å². The van der Waals surface area contributed by atoms with E-state index < -0.39 is 7.38 Å². The number of rotatable bonds is 18. The Bertz CT molecular complexity index is 315. The fourth-order valence-electron chi connectivity index (χ4n) is 3.03. The summed E-state index contributed by atoms with van der Waals surface area (Å²) in [6.07, 6.45) is 26.5. The van der Waals surface area contributed by atoms with Crippen LogP contribution in [-0.2, 0) is 0 Å². The molecule has 2 heteroatoms. The van der Waals surface area contributed by atoms with E-state index in [-0.39, 0.29) is 0 Å². The van der Waals surface area contributed by atoms with Gasteiger partial charge in [-0.2, -0.15) is 11.1 Å². The van der Waals surface area contributed by atoms with Crippen molar-refractivity contribution in [3.63, 3.8) is 0 Å². The Morgan fingerprint density at radius 3 is 1.08 bits per heavy atom. The molecule has 0 rings (SSSR count). The molecule has 0 saturated heterocycles. The van der Waals surface area contributed by atoms with Crippen LogP contribution in [0.15, 0.2) is 35.3 Å². The molecule has 0 unspecified atom stereocenters. The van der Waals surface area contributed by atoms with Crippen molar-refractivity contribution in [3.8, 4) is 0 Å². The van der Waals surface area contributed by atoms with Crippen LogP contribution < -0.4 is 0 Å². The van der Waals surface area contributed by atoms with Crippen molar-refractivity contribution in [1.29, 1.82) is 0 Å². The second-order valence-electron chi connectivity index (χ2n) is 7.58. The van der Waals surface area contributed by atoms with E-state index in [4.69, 9.17) is 11.1 Å². The van der Waals surface area contributed by atoms with Crippen LogP contribution in [0.3, 0.4) is 0 Å². The highest BCUT2D eigenvalue weighted by Crippen LogP contribution is 2.18. The molecule has 0 aromatic rings. The van der Waals surface area contributed by atoms with Crippen molar-refractivity contribution >= 4 is 18.5 Å². The van der Waals surface area contributed by atoms with Gasteiger partial charge in [0.2, 0.25) is 7.38 Å². The lowest BCUT2D eigenvalue weighted by Gasteiger charge is -2.11. The van der Waals surface area contributed by atoms with Gasteiger partial charge in [0.05, 0.1) is 0 Å². The molecule has 0 fully saturated rings. The average Bonchev–Trinajstić information content (AvgIpc) is 2.64. The molecule has 0 heterocycles. The fourth-order valence-corrected chi connectivity index (χ4v) is 5.74. The van der Waals surface area contributed by atoms with Crippen molar-refractivity contribution in [2.75, 3.05) is 0 Å². The third kappa shape index (κ3) is 17.2. The molecule has 0 atom stereocenters. The molecule has 0 radical (unpaired) electrons. The maximum atomic E-state index is 7.04. The topological polar surface area (TPSA) is 0 Å². The lowest BCUT2D eigenvalue weighted by Crippen LogP contribution is -2.18. The number of hydrogen-bond donors (Lipinski definition) is 0. The lowest BCUT2D eigenvalue weighted by molar-refractivity contribution is 0.674. The first-order valence-corrected chi connectivity index (χ1v) is 14.6. The van der Waals surface area contributed by atoms with Crippen molar-refractivity contribution in [1.82, 2.24) is 0 Å². The van der Waals surface area contributed by atoms with Crippen LogP contribution in [0.1, 0.15) is 117 Å². The SMILES string of the molecule is CCCCCCC=C[Si](Cl)(C=CCCCCCC)C=CCCCCCC. The monoisotopic (exact) mass is 396 g/mol. The van der Waals surface area contributed by atoms with E-state index >= 15 is 0 Å². The maximum absolute atomic E-state index is 7.04. The third-order valence-electron chi connectivity index (χ3n) is 4.79. The number of allylic oxidation sites excluding steroid dienone is 3. The van der Waals surface area contributed by atoms with Gasteiger partial charge in [0, 0.05) is 0 Å². The van der Waals surface area contributed by atoms with Crippen LogP contribution in [0.25, 0.3) is 0 Å². The van der Waals surface area contributed by atoms with Crippen LogP contribution in [0, 0.1) is 0 Å². The number of halogens is 1. The molecule has 0 aromatic heterocycles. The summed E-state index contributed by atoms with van der Waals surface area (Å²) in [6, 6.07) is 0. The van der Waals surface area contributed by atoms with Crippen LogP contribution in [0.5, 0.6) is 0 Å². The van der Waals surface area contributed by atoms with Crippen LogP contribution in [-0.4, -0.2) is 7.38 Å². The first-order valence-electron chi connectivity index (χ1n) is 11.4. The highest BCUT2D eigenvalue weighted by molar-refractivity contribution is 7.28. The van der Waals surface area contributed by atoms with Gasteiger partial charge in [0.15, 0.2) is 0 Å². The van der Waals surface area contributed by atoms with Gasteiger partial charge in [0.25, 0.3) is 0 Å². The Labute approximate surface area is 170 Å². The van der Waals surface area contributed by atoms with Crippen LogP contribution in [0.4, 0.5) is 0 Å². The van der Waals surface area contributed by atoms with Gasteiger partial charge in [-0.3, -0.25) is 0 Å². The minimum atomic E-state index is -2.02. The van der Waals surface area contributed by atoms with Gasteiger partial charge in [-0.25, -0.2) is 0 Å². The van der Waals surface area contributed by atoms with Gasteiger partial charge in [-0.15, -0.1) is 0 Å². The van der Waals surface area contributed by atoms with Gasteiger partial charge in [-0.1, -0.05) is 114 Å². The molecule has 0 N–H and O–H groups in total. The second-order valence-corrected chi connectivity index (χ2v) is 12.2. The molecule has 0 amide bonds. The first kappa shape index (κ1) is 25.7. The van der Waals surface area contributed by atoms with Gasteiger partial charge >= 0.3 is 0 Å². The predicted molar refractivity (Wildman–Crippen MR) is 125 cm³/mol. The van der Waals surface area contributed by atoms with E-state index in [1.54, 1.807) is 0 Å². The van der Waals surface area contributed by atoms with Crippen LogP contribution >= 0.6 is 11.1 Å². The molecule has 0 aliphatic heterocycles. The largest absolute Gasteiger partial charge is 0.225 e. The van der Waals surface area contributed by atoms with Gasteiger partial charge in [0.1, 0.15) is 0 Å². The zero-order valence-corrected chi connectivity index (χ0v) is 19.7. The van der Waals surface area contributed by atoms with Gasteiger partial charge < -0.3 is 0 Å². The van der Waals surface area contributed by atoms with Crippen molar-refractivity contribution < 1.29 is 0 Å². The summed E-state index contributed by atoms with van der Waals surface area (Å²) in [7, 11) is -2.02. The molecule has 0 aliphatic rings. The lowest BCUT2D eigenvalue weighted by atomic mass is 10.2. The highest BCUT2D eigenvalue weighted by atomic mass is 35.6. The molecule has 0 spiro atoms. The molecular weight excluding hydrogens is 352 g/mol. The van der Waals surface area contributed by atoms with Crippen LogP contribution in [0.2, 0.25) is 0 Å². The summed E-state index contributed by atoms with van der Waals surface area (Å²) in [5, 5.41) is 0. The smallest absolute Gasteiger partial charge is 0.151 e. The van der Waals surface area contributed by atoms with E-state index in [0.29, 0.717) is 0 Å². The Morgan fingerprint density at radius 2 is 0.808 bits per heavy atom. The molecule has 0 saturated carbocycles. The first-order chi connectivity index (χ1) is 12.7. The van der Waals surface area contributed by atoms with E-state index in [0.717, 1.165) is 0 Å². The highest BCUT2D eigenvalue weighted by Gasteiger charge is 2.19. The zero-order valence-electron chi connectivity index (χ0n) is 17.9. The Hall–Kier alpha value is -0.273. The third-order valence-corrected chi connectivity index (χ3v) is 8.17. The standard InChI is InChI=1S/C24H45ClSi/c1-4-7-10-13-16-19-22-26(25,23-20-17-14-11-8-5-2)24-21-18-15-12-9-6-3/h19-24H,4-18H2,1-3H3. The summed E-state index contributed by atoms with van der Waals surface area (Å²) in [6.45, 7) is 6.80. The quantitative estimate of drug-likeness (QED) is 0.123. The summed E-state index contributed by atoms with van der Waals surface area (Å²) >= 11 is 7.04. The minimum absolute atomic E-state index is 1.18. The number of hydrogen-bond acceptors (Lipinski definition) is 0. The molecule has 0 aromatic carbocycles. The maximum Gasteiger partial charge on any atom is 0.225 e. The normalized spacial score (nSPS) is 14.8. The molecule has 0 bridgehead atoms. The molecule has 0 nitrogen and oxygen atoms in total. The van der Waals surface area contributed by atoms with E-state index in [1.807, 2.05) is 0 Å². The molecule has 26 heavy (non-hydrogen) atoms. The molecular formula is C24H45ClSi. The molecule has 0 aliphatic carbocycles. The van der Waals surface area contributed by atoms with Crippen molar-refractivity contribution in [2.45, 2.75) is 117 Å². The van der Waals surface area contributed by atoms with Gasteiger partial charge in [-0.05, 0) is 38.5 Å². The number of unbranched alkanes of at least 4 members (excludes halogenated alkanes) is 12. The second kappa shape index (κ2) is 19.5. The summed E-state index contributed by atoms with van der Waals surface area (Å²) in [5.74, 6) is 0.